The second-order valence-electron chi connectivity index (χ2n) is 5.65. The first-order valence-electron chi connectivity index (χ1n) is 5.33. The van der Waals surface area contributed by atoms with E-state index in [0.29, 0.717) is 0 Å². The maximum atomic E-state index is 4.18. The van der Waals surface area contributed by atoms with Gasteiger partial charge in [0.2, 0.25) is 0 Å². The first-order valence-corrected chi connectivity index (χ1v) is 5.33. The molecule has 0 radical (unpaired) electrons. The summed E-state index contributed by atoms with van der Waals surface area (Å²) < 4.78 is 0. The first kappa shape index (κ1) is 11.3. The van der Waals surface area contributed by atoms with Crippen LogP contribution >= 0.6 is 0 Å². The van der Waals surface area contributed by atoms with Gasteiger partial charge in [0, 0.05) is 11.1 Å². The van der Waals surface area contributed by atoms with Crippen LogP contribution in [0.4, 0.5) is 0 Å². The summed E-state index contributed by atoms with van der Waals surface area (Å²) in [4.78, 5) is 0. The van der Waals surface area contributed by atoms with Crippen molar-refractivity contribution in [1.29, 1.82) is 0 Å². The van der Waals surface area contributed by atoms with Crippen LogP contribution in [0.1, 0.15) is 59.2 Å². The van der Waals surface area contributed by atoms with Crippen molar-refractivity contribution < 1.29 is 0 Å². The molecule has 0 saturated heterocycles. The molecule has 0 aliphatic heterocycles. The second kappa shape index (κ2) is 3.41. The molecule has 0 spiro atoms. The summed E-state index contributed by atoms with van der Waals surface area (Å²) in [5.41, 5.74) is 2.99. The van der Waals surface area contributed by atoms with Crippen molar-refractivity contribution in [2.45, 2.75) is 58.8 Å². The number of aromatic nitrogens is 2. The van der Waals surface area contributed by atoms with Gasteiger partial charge in [0.1, 0.15) is 0 Å². The SMILES string of the molecule is CCC(C)(C)c1[nH]ncc1C(C)(C)C. The smallest absolute Gasteiger partial charge is 0.0527 e. The van der Waals surface area contributed by atoms with Crippen LogP contribution in [0.5, 0.6) is 0 Å². The molecule has 1 heterocycles. The second-order valence-corrected chi connectivity index (χ2v) is 5.65. The quantitative estimate of drug-likeness (QED) is 0.768. The zero-order valence-corrected chi connectivity index (χ0v) is 10.2. The highest BCUT2D eigenvalue weighted by Crippen LogP contribution is 2.33. The Balaban J connectivity index is 3.18. The minimum Gasteiger partial charge on any atom is -0.282 e. The maximum Gasteiger partial charge on any atom is 0.0527 e. The van der Waals surface area contributed by atoms with E-state index >= 15 is 0 Å². The third kappa shape index (κ3) is 1.99. The highest BCUT2D eigenvalue weighted by atomic mass is 15.1. The van der Waals surface area contributed by atoms with Crippen molar-refractivity contribution in [3.05, 3.63) is 17.5 Å². The van der Waals surface area contributed by atoms with E-state index in [1.807, 2.05) is 6.20 Å². The summed E-state index contributed by atoms with van der Waals surface area (Å²) in [6, 6.07) is 0. The van der Waals surface area contributed by atoms with Gasteiger partial charge >= 0.3 is 0 Å². The lowest BCUT2D eigenvalue weighted by molar-refractivity contribution is 0.467. The van der Waals surface area contributed by atoms with Gasteiger partial charge in [-0.15, -0.1) is 0 Å². The summed E-state index contributed by atoms with van der Waals surface area (Å²) in [6.45, 7) is 13.4. The van der Waals surface area contributed by atoms with Crippen molar-refractivity contribution >= 4 is 0 Å². The van der Waals surface area contributed by atoms with Gasteiger partial charge in [-0.25, -0.2) is 0 Å². The highest BCUT2D eigenvalue weighted by molar-refractivity contribution is 5.30. The van der Waals surface area contributed by atoms with Crippen LogP contribution in [0.3, 0.4) is 0 Å². The Kier molecular flexibility index (Phi) is 2.75. The van der Waals surface area contributed by atoms with E-state index in [2.05, 4.69) is 51.7 Å². The molecule has 0 bridgehead atoms. The predicted octanol–water partition coefficient (Wildman–Crippen LogP) is 3.39. The number of hydrogen-bond acceptors (Lipinski definition) is 1. The average Bonchev–Trinajstić information content (AvgIpc) is 2.51. The summed E-state index contributed by atoms with van der Waals surface area (Å²) in [5.74, 6) is 0. The topological polar surface area (TPSA) is 28.7 Å². The summed E-state index contributed by atoms with van der Waals surface area (Å²) >= 11 is 0. The van der Waals surface area contributed by atoms with Crippen molar-refractivity contribution in [1.82, 2.24) is 10.2 Å². The fourth-order valence-corrected chi connectivity index (χ4v) is 1.55. The number of aromatic amines is 1. The summed E-state index contributed by atoms with van der Waals surface area (Å²) in [7, 11) is 0. The van der Waals surface area contributed by atoms with E-state index in [1.165, 1.54) is 11.3 Å². The maximum absolute atomic E-state index is 4.18. The van der Waals surface area contributed by atoms with Crippen LogP contribution in [-0.4, -0.2) is 10.2 Å². The van der Waals surface area contributed by atoms with E-state index in [9.17, 15) is 0 Å². The number of rotatable bonds is 2. The molecule has 1 aromatic rings. The van der Waals surface area contributed by atoms with Crippen LogP contribution in [0, 0.1) is 0 Å². The molecular weight excluding hydrogens is 172 g/mol. The van der Waals surface area contributed by atoms with Gasteiger partial charge in [0.15, 0.2) is 0 Å². The molecule has 0 amide bonds. The van der Waals surface area contributed by atoms with Gasteiger partial charge in [0.05, 0.1) is 6.20 Å². The molecule has 0 saturated carbocycles. The lowest BCUT2D eigenvalue weighted by Gasteiger charge is -2.27. The number of nitrogens with zero attached hydrogens (tertiary/aromatic N) is 1. The molecule has 0 atom stereocenters. The third-order valence-electron chi connectivity index (χ3n) is 3.01. The monoisotopic (exact) mass is 194 g/mol. The molecule has 14 heavy (non-hydrogen) atoms. The van der Waals surface area contributed by atoms with Crippen LogP contribution < -0.4 is 0 Å². The van der Waals surface area contributed by atoms with Crippen LogP contribution in [0.15, 0.2) is 6.20 Å². The van der Waals surface area contributed by atoms with Crippen LogP contribution in [-0.2, 0) is 10.8 Å². The average molecular weight is 194 g/mol. The standard InChI is InChI=1S/C12H22N2/c1-7-12(5,6)10-9(8-13-14-10)11(2,3)4/h8H,7H2,1-6H3,(H,13,14). The van der Waals surface area contributed by atoms with E-state index in [0.717, 1.165) is 6.42 Å². The molecule has 1 rings (SSSR count). The van der Waals surface area contributed by atoms with E-state index < -0.39 is 0 Å². The third-order valence-corrected chi connectivity index (χ3v) is 3.01. The molecule has 0 aliphatic rings. The zero-order chi connectivity index (χ0) is 11.0. The molecule has 0 fully saturated rings. The van der Waals surface area contributed by atoms with Gasteiger partial charge in [-0.2, -0.15) is 5.10 Å². The molecule has 0 unspecified atom stereocenters. The fourth-order valence-electron chi connectivity index (χ4n) is 1.55. The Bertz CT molecular complexity index is 302. The molecular formula is C12H22N2. The number of hydrogen-bond donors (Lipinski definition) is 1. The van der Waals surface area contributed by atoms with E-state index in [-0.39, 0.29) is 10.8 Å². The van der Waals surface area contributed by atoms with Gasteiger partial charge in [-0.3, -0.25) is 5.10 Å². The molecule has 1 N–H and O–H groups in total. The Morgan fingerprint density at radius 1 is 1.21 bits per heavy atom. The van der Waals surface area contributed by atoms with Crippen molar-refractivity contribution in [3.63, 3.8) is 0 Å². The molecule has 2 heteroatoms. The molecule has 80 valence electrons. The minimum atomic E-state index is 0.175. The Morgan fingerprint density at radius 2 is 1.79 bits per heavy atom. The summed E-state index contributed by atoms with van der Waals surface area (Å²) in [5, 5.41) is 7.33. The van der Waals surface area contributed by atoms with E-state index in [4.69, 9.17) is 0 Å². The lowest BCUT2D eigenvalue weighted by atomic mass is 9.77. The van der Waals surface area contributed by atoms with Crippen molar-refractivity contribution in [3.8, 4) is 0 Å². The van der Waals surface area contributed by atoms with Crippen LogP contribution in [0.2, 0.25) is 0 Å². The van der Waals surface area contributed by atoms with E-state index in [1.54, 1.807) is 0 Å². The Hall–Kier alpha value is -0.790. The fraction of sp³-hybridized carbons (Fsp3) is 0.750. The van der Waals surface area contributed by atoms with Gasteiger partial charge in [-0.05, 0) is 17.4 Å². The minimum absolute atomic E-state index is 0.175. The normalized spacial score (nSPS) is 13.3. The number of nitrogens with one attached hydrogen (secondary N) is 1. The highest BCUT2D eigenvalue weighted by Gasteiger charge is 2.28. The Morgan fingerprint density at radius 3 is 2.21 bits per heavy atom. The van der Waals surface area contributed by atoms with Crippen molar-refractivity contribution in [2.75, 3.05) is 0 Å². The Labute approximate surface area is 87.1 Å². The molecule has 0 aliphatic carbocycles. The molecule has 0 aromatic carbocycles. The lowest BCUT2D eigenvalue weighted by Crippen LogP contribution is -2.23. The van der Waals surface area contributed by atoms with Crippen LogP contribution in [0.25, 0.3) is 0 Å². The summed E-state index contributed by atoms with van der Waals surface area (Å²) in [6.07, 6.45) is 3.09. The van der Waals surface area contributed by atoms with Gasteiger partial charge in [-0.1, -0.05) is 41.5 Å². The largest absolute Gasteiger partial charge is 0.282 e. The molecule has 2 nitrogen and oxygen atoms in total. The number of H-pyrrole nitrogens is 1. The first-order chi connectivity index (χ1) is 6.29. The zero-order valence-electron chi connectivity index (χ0n) is 10.2. The molecule has 1 aromatic heterocycles. The van der Waals surface area contributed by atoms with Gasteiger partial charge < -0.3 is 0 Å². The predicted molar refractivity (Wildman–Crippen MR) is 60.6 cm³/mol. The van der Waals surface area contributed by atoms with Gasteiger partial charge in [0.25, 0.3) is 0 Å². The van der Waals surface area contributed by atoms with Crippen molar-refractivity contribution in [2.24, 2.45) is 0 Å².